The summed E-state index contributed by atoms with van der Waals surface area (Å²) < 4.78 is 26.8. The average molecular weight is 456 g/mol. The second-order valence-corrected chi connectivity index (χ2v) is 11.0. The van der Waals surface area contributed by atoms with Gasteiger partial charge in [-0.1, -0.05) is 43.7 Å². The number of ketones is 1. The topological polar surface area (TPSA) is 95.6 Å². The van der Waals surface area contributed by atoms with Crippen molar-refractivity contribution in [2.45, 2.75) is 45.1 Å². The van der Waals surface area contributed by atoms with E-state index < -0.39 is 10.0 Å². The fourth-order valence-electron chi connectivity index (χ4n) is 3.63. The normalized spacial score (nSPS) is 15.9. The van der Waals surface area contributed by atoms with Gasteiger partial charge in [0.2, 0.25) is 10.0 Å². The number of benzene rings is 2. The van der Waals surface area contributed by atoms with Gasteiger partial charge in [-0.2, -0.15) is 4.31 Å². The van der Waals surface area contributed by atoms with E-state index in [0.717, 1.165) is 11.1 Å². The molecule has 0 heterocycles. The van der Waals surface area contributed by atoms with E-state index in [2.05, 4.69) is 10.9 Å². The van der Waals surface area contributed by atoms with Crippen molar-refractivity contribution in [1.82, 2.24) is 15.2 Å². The molecule has 32 heavy (non-hydrogen) atoms. The van der Waals surface area contributed by atoms with Crippen LogP contribution in [-0.4, -0.2) is 31.5 Å². The van der Waals surface area contributed by atoms with Crippen molar-refractivity contribution in [2.75, 3.05) is 7.05 Å². The lowest BCUT2D eigenvalue weighted by Gasteiger charge is -2.29. The molecular formula is C24H29N3O4S. The summed E-state index contributed by atoms with van der Waals surface area (Å²) in [6.07, 6.45) is 2.68. The van der Waals surface area contributed by atoms with E-state index in [-0.39, 0.29) is 28.5 Å². The zero-order valence-corrected chi connectivity index (χ0v) is 19.6. The van der Waals surface area contributed by atoms with Crippen molar-refractivity contribution >= 4 is 21.7 Å². The molecule has 2 aromatic carbocycles. The van der Waals surface area contributed by atoms with Gasteiger partial charge >= 0.3 is 0 Å². The van der Waals surface area contributed by atoms with Crippen LogP contribution in [0, 0.1) is 12.3 Å². The lowest BCUT2D eigenvalue weighted by atomic mass is 9.79. The Morgan fingerprint density at radius 2 is 1.66 bits per heavy atom. The van der Waals surface area contributed by atoms with Crippen LogP contribution in [0.1, 0.15) is 48.2 Å². The Bertz CT molecular complexity index is 1130. The maximum atomic E-state index is 12.8. The average Bonchev–Trinajstić information content (AvgIpc) is 2.71. The van der Waals surface area contributed by atoms with Crippen LogP contribution in [0.15, 0.2) is 65.2 Å². The molecule has 2 aromatic rings. The number of allylic oxidation sites excluding steroid dienone is 2. The lowest BCUT2D eigenvalue weighted by molar-refractivity contribution is -0.117. The monoisotopic (exact) mass is 455 g/mol. The predicted octanol–water partition coefficient (Wildman–Crippen LogP) is 3.32. The first kappa shape index (κ1) is 23.7. The Labute approximate surface area is 189 Å². The van der Waals surface area contributed by atoms with Crippen molar-refractivity contribution in [1.29, 1.82) is 0 Å². The van der Waals surface area contributed by atoms with E-state index in [9.17, 15) is 18.0 Å². The highest BCUT2D eigenvalue weighted by Crippen LogP contribution is 2.32. The summed E-state index contributed by atoms with van der Waals surface area (Å²) >= 11 is 0. The number of hydrogen-bond acceptors (Lipinski definition) is 5. The standard InChI is InChI=1S/C24H29N3O4S/c1-17-5-11-22(12-6-17)32(30,31)27(4)16-18-7-9-19(10-8-18)23(29)26-25-20-13-21(28)15-24(2,3)14-20/h5-13,25H,14-16H2,1-4H3,(H,26,29). The number of amides is 1. The number of rotatable bonds is 7. The molecule has 1 amide bonds. The summed E-state index contributed by atoms with van der Waals surface area (Å²) in [4.78, 5) is 24.5. The van der Waals surface area contributed by atoms with Crippen molar-refractivity contribution in [3.63, 3.8) is 0 Å². The fraction of sp³-hybridized carbons (Fsp3) is 0.333. The molecule has 0 radical (unpaired) electrons. The largest absolute Gasteiger partial charge is 0.302 e. The molecule has 0 saturated carbocycles. The third-order valence-electron chi connectivity index (χ3n) is 5.34. The first-order valence-electron chi connectivity index (χ1n) is 10.4. The van der Waals surface area contributed by atoms with Crippen LogP contribution in [0.4, 0.5) is 0 Å². The van der Waals surface area contributed by atoms with Crippen LogP contribution in [-0.2, 0) is 21.4 Å². The maximum Gasteiger partial charge on any atom is 0.269 e. The Balaban J connectivity index is 1.60. The molecule has 170 valence electrons. The van der Waals surface area contributed by atoms with Gasteiger partial charge in [0.1, 0.15) is 0 Å². The molecule has 0 unspecified atom stereocenters. The molecule has 0 atom stereocenters. The number of hydrazine groups is 1. The van der Waals surface area contributed by atoms with E-state index in [4.69, 9.17) is 0 Å². The molecule has 0 bridgehead atoms. The number of nitrogens with one attached hydrogen (secondary N) is 2. The minimum Gasteiger partial charge on any atom is -0.302 e. The molecule has 1 aliphatic rings. The molecule has 2 N–H and O–H groups in total. The molecular weight excluding hydrogens is 426 g/mol. The SMILES string of the molecule is Cc1ccc(S(=O)(=O)N(C)Cc2ccc(C(=O)NNC3=CC(=O)CC(C)(C)C3)cc2)cc1. The van der Waals surface area contributed by atoms with E-state index in [1.807, 2.05) is 20.8 Å². The van der Waals surface area contributed by atoms with E-state index >= 15 is 0 Å². The van der Waals surface area contributed by atoms with E-state index in [1.165, 1.54) is 17.4 Å². The smallest absolute Gasteiger partial charge is 0.269 e. The highest BCUT2D eigenvalue weighted by molar-refractivity contribution is 7.89. The van der Waals surface area contributed by atoms with Crippen LogP contribution in [0.2, 0.25) is 0 Å². The molecule has 7 nitrogen and oxygen atoms in total. The van der Waals surface area contributed by atoms with Gasteiger partial charge in [-0.25, -0.2) is 8.42 Å². The summed E-state index contributed by atoms with van der Waals surface area (Å²) in [7, 11) is -2.08. The van der Waals surface area contributed by atoms with E-state index in [0.29, 0.717) is 24.1 Å². The lowest BCUT2D eigenvalue weighted by Crippen LogP contribution is -2.39. The van der Waals surface area contributed by atoms with Gasteiger partial charge in [-0.05, 0) is 48.6 Å². The molecule has 0 saturated heterocycles. The van der Waals surface area contributed by atoms with Crippen molar-refractivity contribution in [3.05, 3.63) is 77.0 Å². The van der Waals surface area contributed by atoms with Crippen molar-refractivity contribution < 1.29 is 18.0 Å². The highest BCUT2D eigenvalue weighted by atomic mass is 32.2. The minimum atomic E-state index is -3.61. The van der Waals surface area contributed by atoms with Crippen LogP contribution in [0.5, 0.6) is 0 Å². The summed E-state index contributed by atoms with van der Waals surface area (Å²) in [5, 5.41) is 0. The molecule has 0 aromatic heterocycles. The zero-order valence-electron chi connectivity index (χ0n) is 18.8. The quantitative estimate of drug-likeness (QED) is 0.625. The number of sulfonamides is 1. The van der Waals surface area contributed by atoms with Gasteiger partial charge < -0.3 is 5.43 Å². The van der Waals surface area contributed by atoms with Crippen LogP contribution in [0.25, 0.3) is 0 Å². The van der Waals surface area contributed by atoms with Gasteiger partial charge in [0.15, 0.2) is 5.78 Å². The molecule has 8 heteroatoms. The second-order valence-electron chi connectivity index (χ2n) is 9.00. The number of hydrogen-bond donors (Lipinski definition) is 2. The summed E-state index contributed by atoms with van der Waals surface area (Å²) in [5.74, 6) is -0.305. The third kappa shape index (κ3) is 5.83. The number of carbonyl (C=O) groups is 2. The predicted molar refractivity (Wildman–Crippen MR) is 123 cm³/mol. The van der Waals surface area contributed by atoms with Crippen molar-refractivity contribution in [2.24, 2.45) is 5.41 Å². The Hall–Kier alpha value is -2.97. The Morgan fingerprint density at radius 3 is 2.25 bits per heavy atom. The number of nitrogens with zero attached hydrogens (tertiary/aromatic N) is 1. The zero-order chi connectivity index (χ0) is 23.5. The first-order chi connectivity index (χ1) is 15.0. The van der Waals surface area contributed by atoms with Crippen LogP contribution >= 0.6 is 0 Å². The first-order valence-corrected chi connectivity index (χ1v) is 11.8. The Kier molecular flexibility index (Phi) is 6.85. The summed E-state index contributed by atoms with van der Waals surface area (Å²) in [6.45, 7) is 6.10. The number of aryl methyl sites for hydroxylation is 1. The molecule has 0 fully saturated rings. The highest BCUT2D eigenvalue weighted by Gasteiger charge is 2.27. The van der Waals surface area contributed by atoms with Gasteiger partial charge in [0.05, 0.1) is 4.90 Å². The number of carbonyl (C=O) groups excluding carboxylic acids is 2. The Morgan fingerprint density at radius 1 is 1.03 bits per heavy atom. The van der Waals surface area contributed by atoms with Crippen LogP contribution in [0.3, 0.4) is 0 Å². The van der Waals surface area contributed by atoms with Gasteiger partial charge in [0.25, 0.3) is 5.91 Å². The summed E-state index contributed by atoms with van der Waals surface area (Å²) in [5.41, 5.74) is 8.18. The fourth-order valence-corrected chi connectivity index (χ4v) is 4.79. The third-order valence-corrected chi connectivity index (χ3v) is 7.16. The molecule has 3 rings (SSSR count). The van der Waals surface area contributed by atoms with Gasteiger partial charge in [-0.15, -0.1) is 0 Å². The van der Waals surface area contributed by atoms with Crippen molar-refractivity contribution in [3.8, 4) is 0 Å². The summed E-state index contributed by atoms with van der Waals surface area (Å²) in [6, 6.07) is 13.5. The van der Waals surface area contributed by atoms with Gasteiger partial charge in [0, 0.05) is 37.3 Å². The molecule has 1 aliphatic carbocycles. The maximum absolute atomic E-state index is 12.8. The molecule has 0 aliphatic heterocycles. The van der Waals surface area contributed by atoms with Gasteiger partial charge in [-0.3, -0.25) is 15.0 Å². The molecule has 0 spiro atoms. The minimum absolute atomic E-state index is 0.0343. The van der Waals surface area contributed by atoms with Crippen LogP contribution < -0.4 is 10.9 Å². The second kappa shape index (κ2) is 9.26. The van der Waals surface area contributed by atoms with E-state index in [1.54, 1.807) is 48.5 Å².